The van der Waals surface area contributed by atoms with Crippen LogP contribution in [0.15, 0.2) is 79.0 Å². The highest BCUT2D eigenvalue weighted by Gasteiger charge is 2.21. The maximum Gasteiger partial charge on any atom is 0.326 e. The van der Waals surface area contributed by atoms with Gasteiger partial charge in [0, 0.05) is 24.7 Å². The molecule has 0 saturated heterocycles. The molecule has 1 heterocycles. The van der Waals surface area contributed by atoms with E-state index in [1.807, 2.05) is 30.3 Å². The standard InChI is InChI=1S/C24H25N3O4/c28-23(19-7-2-1-3-8-19)27-21(24(29)30)17-18-10-12-20(13-11-18)31-16-6-15-26-22-9-4-5-14-25-22/h1-5,7-14,21H,6,15-17H2,(H,25,26)(H,27,28)(H,29,30)/t21-/m0/s1. The van der Waals surface area contributed by atoms with E-state index in [1.165, 1.54) is 0 Å². The van der Waals surface area contributed by atoms with Gasteiger partial charge in [0.2, 0.25) is 0 Å². The van der Waals surface area contributed by atoms with E-state index in [0.29, 0.717) is 17.9 Å². The number of aromatic nitrogens is 1. The number of hydrogen-bond donors (Lipinski definition) is 3. The molecule has 0 aliphatic heterocycles. The number of rotatable bonds is 11. The van der Waals surface area contributed by atoms with Gasteiger partial charge in [-0.2, -0.15) is 0 Å². The highest BCUT2D eigenvalue weighted by Crippen LogP contribution is 2.14. The van der Waals surface area contributed by atoms with Crippen LogP contribution in [0.3, 0.4) is 0 Å². The van der Waals surface area contributed by atoms with Crippen molar-refractivity contribution in [3.05, 3.63) is 90.1 Å². The summed E-state index contributed by atoms with van der Waals surface area (Å²) in [7, 11) is 0. The fourth-order valence-electron chi connectivity index (χ4n) is 2.93. The van der Waals surface area contributed by atoms with Gasteiger partial charge in [-0.25, -0.2) is 9.78 Å². The quantitative estimate of drug-likeness (QED) is 0.412. The lowest BCUT2D eigenvalue weighted by Gasteiger charge is -2.15. The summed E-state index contributed by atoms with van der Waals surface area (Å²) in [6.45, 7) is 1.29. The number of hydrogen-bond acceptors (Lipinski definition) is 5. The van der Waals surface area contributed by atoms with Crippen LogP contribution in [-0.4, -0.2) is 41.2 Å². The Morgan fingerprint density at radius 3 is 2.39 bits per heavy atom. The minimum Gasteiger partial charge on any atom is -0.494 e. The first kappa shape index (κ1) is 21.8. The smallest absolute Gasteiger partial charge is 0.326 e. The number of nitrogens with one attached hydrogen (secondary N) is 2. The van der Waals surface area contributed by atoms with Gasteiger partial charge >= 0.3 is 5.97 Å². The van der Waals surface area contributed by atoms with Gasteiger partial charge in [-0.15, -0.1) is 0 Å². The normalized spacial score (nSPS) is 11.4. The van der Waals surface area contributed by atoms with Crippen molar-refractivity contribution in [3.63, 3.8) is 0 Å². The molecule has 1 atom stereocenters. The molecule has 0 bridgehead atoms. The van der Waals surface area contributed by atoms with Crippen LogP contribution >= 0.6 is 0 Å². The zero-order valence-corrected chi connectivity index (χ0v) is 17.0. The topological polar surface area (TPSA) is 101 Å². The first-order chi connectivity index (χ1) is 15.1. The second-order valence-corrected chi connectivity index (χ2v) is 6.92. The molecule has 1 aromatic heterocycles. The Morgan fingerprint density at radius 1 is 0.968 bits per heavy atom. The number of benzene rings is 2. The van der Waals surface area contributed by atoms with Crippen LogP contribution < -0.4 is 15.4 Å². The van der Waals surface area contributed by atoms with Crippen LogP contribution in [0.5, 0.6) is 5.75 Å². The number of carboxylic acid groups (broad SMARTS) is 1. The van der Waals surface area contributed by atoms with E-state index >= 15 is 0 Å². The molecule has 3 aromatic rings. The van der Waals surface area contributed by atoms with Crippen molar-refractivity contribution < 1.29 is 19.4 Å². The Kier molecular flexibility index (Phi) is 7.99. The summed E-state index contributed by atoms with van der Waals surface area (Å²) in [5.74, 6) is 0.0539. The van der Waals surface area contributed by atoms with E-state index < -0.39 is 17.9 Å². The van der Waals surface area contributed by atoms with Crippen LogP contribution in [0.1, 0.15) is 22.3 Å². The average Bonchev–Trinajstić information content (AvgIpc) is 2.80. The molecule has 0 unspecified atom stereocenters. The summed E-state index contributed by atoms with van der Waals surface area (Å²) in [5.41, 5.74) is 1.22. The lowest BCUT2D eigenvalue weighted by Crippen LogP contribution is -2.42. The molecule has 3 rings (SSSR count). The second kappa shape index (κ2) is 11.3. The number of aliphatic carboxylic acids is 1. The number of carbonyl (C=O) groups excluding carboxylic acids is 1. The molecule has 3 N–H and O–H groups in total. The third kappa shape index (κ3) is 7.15. The SMILES string of the molecule is O=C(N[C@@H](Cc1ccc(OCCCNc2ccccn2)cc1)C(=O)O)c1ccccc1. The Morgan fingerprint density at radius 2 is 1.71 bits per heavy atom. The lowest BCUT2D eigenvalue weighted by molar-refractivity contribution is -0.139. The summed E-state index contributed by atoms with van der Waals surface area (Å²) in [4.78, 5) is 28.1. The van der Waals surface area contributed by atoms with Crippen LogP contribution in [0.2, 0.25) is 0 Å². The van der Waals surface area contributed by atoms with Gasteiger partial charge in [-0.1, -0.05) is 36.4 Å². The predicted octanol–water partition coefficient (Wildman–Crippen LogP) is 3.39. The molecule has 0 saturated carbocycles. The van der Waals surface area contributed by atoms with E-state index in [1.54, 1.807) is 48.7 Å². The van der Waals surface area contributed by atoms with Gasteiger partial charge in [0.1, 0.15) is 17.6 Å². The number of anilines is 1. The van der Waals surface area contributed by atoms with Gasteiger partial charge in [-0.3, -0.25) is 4.79 Å². The number of pyridine rings is 1. The summed E-state index contributed by atoms with van der Waals surface area (Å²) in [6, 6.07) is 20.5. The Balaban J connectivity index is 1.44. The molecule has 0 fully saturated rings. The van der Waals surface area contributed by atoms with Crippen molar-refractivity contribution in [1.29, 1.82) is 0 Å². The van der Waals surface area contributed by atoms with Crippen LogP contribution in [0.4, 0.5) is 5.82 Å². The number of ether oxygens (including phenoxy) is 1. The third-order valence-corrected chi connectivity index (χ3v) is 4.56. The summed E-state index contributed by atoms with van der Waals surface area (Å²) >= 11 is 0. The molecule has 7 nitrogen and oxygen atoms in total. The maximum atomic E-state index is 12.3. The number of carbonyl (C=O) groups is 2. The van der Waals surface area contributed by atoms with E-state index in [9.17, 15) is 14.7 Å². The fourth-order valence-corrected chi connectivity index (χ4v) is 2.93. The van der Waals surface area contributed by atoms with Crippen molar-refractivity contribution in [1.82, 2.24) is 10.3 Å². The fraction of sp³-hybridized carbons (Fsp3) is 0.208. The Labute approximate surface area is 181 Å². The largest absolute Gasteiger partial charge is 0.494 e. The first-order valence-electron chi connectivity index (χ1n) is 10.1. The van der Waals surface area contributed by atoms with Crippen molar-refractivity contribution in [2.24, 2.45) is 0 Å². The minimum absolute atomic E-state index is 0.183. The Hall–Kier alpha value is -3.87. The monoisotopic (exact) mass is 419 g/mol. The number of carboxylic acids is 1. The van der Waals surface area contributed by atoms with E-state index in [2.05, 4.69) is 15.6 Å². The van der Waals surface area contributed by atoms with E-state index in [-0.39, 0.29) is 6.42 Å². The molecule has 0 aliphatic rings. The summed E-state index contributed by atoms with van der Waals surface area (Å²) < 4.78 is 5.73. The van der Waals surface area contributed by atoms with Crippen LogP contribution in [0.25, 0.3) is 0 Å². The number of amides is 1. The molecule has 2 aromatic carbocycles. The third-order valence-electron chi connectivity index (χ3n) is 4.56. The second-order valence-electron chi connectivity index (χ2n) is 6.92. The maximum absolute atomic E-state index is 12.3. The zero-order chi connectivity index (χ0) is 21.9. The molecule has 1 amide bonds. The average molecular weight is 419 g/mol. The summed E-state index contributed by atoms with van der Waals surface area (Å²) in [5, 5.41) is 15.3. The van der Waals surface area contributed by atoms with Gasteiger partial charge in [0.05, 0.1) is 6.61 Å². The van der Waals surface area contributed by atoms with Crippen molar-refractivity contribution in [3.8, 4) is 5.75 Å². The van der Waals surface area contributed by atoms with Gasteiger partial charge < -0.3 is 20.5 Å². The van der Waals surface area contributed by atoms with Crippen LogP contribution in [0, 0.1) is 0 Å². The van der Waals surface area contributed by atoms with Gasteiger partial charge in [-0.05, 0) is 48.4 Å². The number of nitrogens with zero attached hydrogens (tertiary/aromatic N) is 1. The minimum atomic E-state index is -1.08. The van der Waals surface area contributed by atoms with Crippen molar-refractivity contribution in [2.45, 2.75) is 18.9 Å². The molecule has 0 radical (unpaired) electrons. The first-order valence-corrected chi connectivity index (χ1v) is 10.1. The van der Waals surface area contributed by atoms with Crippen molar-refractivity contribution >= 4 is 17.7 Å². The lowest BCUT2D eigenvalue weighted by atomic mass is 10.1. The van der Waals surface area contributed by atoms with Crippen molar-refractivity contribution in [2.75, 3.05) is 18.5 Å². The molecule has 160 valence electrons. The van der Waals surface area contributed by atoms with Gasteiger partial charge in [0.15, 0.2) is 0 Å². The molecule has 7 heteroatoms. The van der Waals surface area contributed by atoms with E-state index in [0.717, 1.165) is 24.3 Å². The summed E-state index contributed by atoms with van der Waals surface area (Å²) in [6.07, 6.45) is 2.73. The highest BCUT2D eigenvalue weighted by atomic mass is 16.5. The molecule has 31 heavy (non-hydrogen) atoms. The van der Waals surface area contributed by atoms with Crippen LogP contribution in [-0.2, 0) is 11.2 Å². The predicted molar refractivity (Wildman–Crippen MR) is 118 cm³/mol. The Bertz CT molecular complexity index is 963. The van der Waals surface area contributed by atoms with E-state index in [4.69, 9.17) is 4.74 Å². The molecule has 0 spiro atoms. The highest BCUT2D eigenvalue weighted by molar-refractivity contribution is 5.96. The molecular formula is C24H25N3O4. The zero-order valence-electron chi connectivity index (χ0n) is 17.0. The van der Waals surface area contributed by atoms with Gasteiger partial charge in [0.25, 0.3) is 5.91 Å². The molecule has 0 aliphatic carbocycles. The molecular weight excluding hydrogens is 394 g/mol.